The van der Waals surface area contributed by atoms with Crippen molar-refractivity contribution < 1.29 is 14.6 Å². The smallest absolute Gasteiger partial charge is 0.335 e. The summed E-state index contributed by atoms with van der Waals surface area (Å²) in [6.07, 6.45) is 0. The predicted molar refractivity (Wildman–Crippen MR) is 97.0 cm³/mol. The summed E-state index contributed by atoms with van der Waals surface area (Å²) in [5.74, 6) is 0.948. The zero-order valence-electron chi connectivity index (χ0n) is 13.9. The third-order valence-electron chi connectivity index (χ3n) is 4.08. The SMILES string of the molecule is CN(C)CCSC1c2cc(C(=O)O)ccc2COc2ccccc21. The lowest BCUT2D eigenvalue weighted by molar-refractivity contribution is 0.0696. The van der Waals surface area contributed by atoms with E-state index in [9.17, 15) is 9.90 Å². The molecule has 0 bridgehead atoms. The monoisotopic (exact) mass is 343 g/mol. The molecule has 5 heteroatoms. The van der Waals surface area contributed by atoms with Crippen LogP contribution in [0.5, 0.6) is 5.75 Å². The minimum atomic E-state index is -0.895. The molecule has 1 heterocycles. The molecule has 24 heavy (non-hydrogen) atoms. The van der Waals surface area contributed by atoms with Crippen LogP contribution in [0, 0.1) is 0 Å². The molecule has 1 N–H and O–H groups in total. The Morgan fingerprint density at radius 2 is 2.04 bits per heavy atom. The van der Waals surface area contributed by atoms with E-state index >= 15 is 0 Å². The van der Waals surface area contributed by atoms with E-state index in [1.165, 1.54) is 0 Å². The van der Waals surface area contributed by atoms with Gasteiger partial charge in [0.15, 0.2) is 0 Å². The van der Waals surface area contributed by atoms with Gasteiger partial charge in [-0.2, -0.15) is 0 Å². The van der Waals surface area contributed by atoms with Gasteiger partial charge in [-0.25, -0.2) is 4.79 Å². The Labute approximate surface area is 146 Å². The van der Waals surface area contributed by atoms with Gasteiger partial charge in [0.05, 0.1) is 10.8 Å². The number of carboxylic acids is 1. The van der Waals surface area contributed by atoms with Crippen molar-refractivity contribution in [1.82, 2.24) is 4.90 Å². The molecular weight excluding hydrogens is 322 g/mol. The molecule has 1 aliphatic rings. The predicted octanol–water partition coefficient (Wildman–Crippen LogP) is 3.66. The van der Waals surface area contributed by atoms with Gasteiger partial charge in [0.2, 0.25) is 0 Å². The quantitative estimate of drug-likeness (QED) is 0.898. The zero-order chi connectivity index (χ0) is 17.1. The number of thioether (sulfide) groups is 1. The highest BCUT2D eigenvalue weighted by Crippen LogP contribution is 2.44. The number of para-hydroxylation sites is 1. The number of carbonyl (C=O) groups is 1. The van der Waals surface area contributed by atoms with Gasteiger partial charge in [0.1, 0.15) is 12.4 Å². The van der Waals surface area contributed by atoms with Crippen LogP contribution in [0.15, 0.2) is 42.5 Å². The molecular formula is C19H21NO3S. The maximum absolute atomic E-state index is 11.4. The fourth-order valence-corrected chi connectivity index (χ4v) is 4.27. The Balaban J connectivity index is 2.02. The molecule has 0 saturated carbocycles. The summed E-state index contributed by atoms with van der Waals surface area (Å²) in [6, 6.07) is 13.4. The van der Waals surface area contributed by atoms with Crippen LogP contribution in [0.3, 0.4) is 0 Å². The lowest BCUT2D eigenvalue weighted by Gasteiger charge is -2.20. The van der Waals surface area contributed by atoms with Crippen molar-refractivity contribution in [3.8, 4) is 5.75 Å². The molecule has 0 radical (unpaired) electrons. The van der Waals surface area contributed by atoms with Gasteiger partial charge in [-0.15, -0.1) is 11.8 Å². The number of hydrogen-bond donors (Lipinski definition) is 1. The van der Waals surface area contributed by atoms with E-state index in [0.29, 0.717) is 12.2 Å². The third-order valence-corrected chi connectivity index (χ3v) is 5.34. The second kappa shape index (κ2) is 7.28. The number of ether oxygens (including phenoxy) is 1. The molecule has 2 aromatic rings. The third kappa shape index (κ3) is 3.57. The van der Waals surface area contributed by atoms with Crippen LogP contribution in [-0.4, -0.2) is 42.4 Å². The average Bonchev–Trinajstić information content (AvgIpc) is 2.71. The maximum Gasteiger partial charge on any atom is 0.335 e. The number of fused-ring (bicyclic) bond motifs is 2. The van der Waals surface area contributed by atoms with E-state index in [1.54, 1.807) is 12.1 Å². The van der Waals surface area contributed by atoms with Crippen molar-refractivity contribution in [3.63, 3.8) is 0 Å². The van der Waals surface area contributed by atoms with Crippen LogP contribution in [0.4, 0.5) is 0 Å². The van der Waals surface area contributed by atoms with Crippen molar-refractivity contribution in [2.45, 2.75) is 11.9 Å². The number of rotatable bonds is 5. The fraction of sp³-hybridized carbons (Fsp3) is 0.316. The average molecular weight is 343 g/mol. The largest absolute Gasteiger partial charge is 0.489 e. The molecule has 2 aromatic carbocycles. The molecule has 0 aliphatic carbocycles. The standard InChI is InChI=1S/C19H21NO3S/c1-20(2)9-10-24-18-15-5-3-4-6-17(15)23-12-14-8-7-13(19(21)22)11-16(14)18/h3-8,11,18H,9-10,12H2,1-2H3,(H,21,22). The lowest BCUT2D eigenvalue weighted by atomic mass is 9.98. The summed E-state index contributed by atoms with van der Waals surface area (Å²) < 4.78 is 5.96. The van der Waals surface area contributed by atoms with Crippen LogP contribution in [0.2, 0.25) is 0 Å². The van der Waals surface area contributed by atoms with Gasteiger partial charge in [-0.1, -0.05) is 24.3 Å². The Kier molecular flexibility index (Phi) is 5.11. The highest BCUT2D eigenvalue weighted by molar-refractivity contribution is 7.99. The molecule has 3 rings (SSSR count). The van der Waals surface area contributed by atoms with Crippen molar-refractivity contribution in [2.75, 3.05) is 26.4 Å². The van der Waals surface area contributed by atoms with Crippen LogP contribution in [0.1, 0.15) is 32.3 Å². The van der Waals surface area contributed by atoms with Crippen LogP contribution >= 0.6 is 11.8 Å². The second-order valence-corrected chi connectivity index (χ2v) is 7.31. The molecule has 1 unspecified atom stereocenters. The summed E-state index contributed by atoms with van der Waals surface area (Å²) in [6.45, 7) is 1.44. The maximum atomic E-state index is 11.4. The molecule has 0 amide bonds. The number of nitrogens with zero attached hydrogens (tertiary/aromatic N) is 1. The summed E-state index contributed by atoms with van der Waals surface area (Å²) in [5, 5.41) is 9.42. The number of carboxylic acid groups (broad SMARTS) is 1. The second-order valence-electron chi connectivity index (χ2n) is 6.10. The fourth-order valence-electron chi connectivity index (χ4n) is 2.79. The first-order valence-electron chi connectivity index (χ1n) is 7.90. The van der Waals surface area contributed by atoms with Crippen molar-refractivity contribution in [1.29, 1.82) is 0 Å². The zero-order valence-corrected chi connectivity index (χ0v) is 14.7. The van der Waals surface area contributed by atoms with Crippen LogP contribution < -0.4 is 4.74 Å². The van der Waals surface area contributed by atoms with Gasteiger partial charge in [0, 0.05) is 17.9 Å². The summed E-state index contributed by atoms with van der Waals surface area (Å²) in [4.78, 5) is 13.5. The summed E-state index contributed by atoms with van der Waals surface area (Å²) in [5.41, 5.74) is 3.54. The van der Waals surface area contributed by atoms with E-state index in [0.717, 1.165) is 34.7 Å². The normalized spacial score (nSPS) is 16.0. The first-order valence-corrected chi connectivity index (χ1v) is 8.95. The van der Waals surface area contributed by atoms with Crippen molar-refractivity contribution in [2.24, 2.45) is 0 Å². The van der Waals surface area contributed by atoms with Crippen LogP contribution in [0.25, 0.3) is 0 Å². The minimum absolute atomic E-state index is 0.0814. The molecule has 126 valence electrons. The van der Waals surface area contributed by atoms with Gasteiger partial charge in [-0.05, 0) is 43.4 Å². The highest BCUT2D eigenvalue weighted by atomic mass is 32.2. The van der Waals surface area contributed by atoms with Crippen molar-refractivity contribution >= 4 is 17.7 Å². The topological polar surface area (TPSA) is 49.8 Å². The van der Waals surface area contributed by atoms with Gasteiger partial charge in [-0.3, -0.25) is 0 Å². The molecule has 0 aromatic heterocycles. The molecule has 0 fully saturated rings. The van der Waals surface area contributed by atoms with Gasteiger partial charge < -0.3 is 14.7 Å². The minimum Gasteiger partial charge on any atom is -0.489 e. The van der Waals surface area contributed by atoms with E-state index in [4.69, 9.17) is 4.74 Å². The van der Waals surface area contributed by atoms with E-state index in [1.807, 2.05) is 36.0 Å². The van der Waals surface area contributed by atoms with Crippen LogP contribution in [-0.2, 0) is 6.61 Å². The van der Waals surface area contributed by atoms with E-state index in [-0.39, 0.29) is 5.25 Å². The molecule has 0 saturated heterocycles. The lowest BCUT2D eigenvalue weighted by Crippen LogP contribution is -2.15. The molecule has 4 nitrogen and oxygen atoms in total. The molecule has 1 atom stereocenters. The van der Waals surface area contributed by atoms with Gasteiger partial charge in [0.25, 0.3) is 0 Å². The summed E-state index contributed by atoms with van der Waals surface area (Å²) >= 11 is 1.83. The Hall–Kier alpha value is -1.98. The summed E-state index contributed by atoms with van der Waals surface area (Å²) in [7, 11) is 4.11. The Morgan fingerprint density at radius 3 is 2.79 bits per heavy atom. The number of benzene rings is 2. The Morgan fingerprint density at radius 1 is 1.25 bits per heavy atom. The number of aromatic carboxylic acids is 1. The van der Waals surface area contributed by atoms with E-state index in [2.05, 4.69) is 25.1 Å². The first kappa shape index (κ1) is 16.9. The number of hydrogen-bond acceptors (Lipinski definition) is 4. The molecule has 1 aliphatic heterocycles. The highest BCUT2D eigenvalue weighted by Gasteiger charge is 2.25. The first-order chi connectivity index (χ1) is 11.6. The van der Waals surface area contributed by atoms with Crippen molar-refractivity contribution in [3.05, 3.63) is 64.7 Å². The molecule has 0 spiro atoms. The van der Waals surface area contributed by atoms with E-state index < -0.39 is 5.97 Å². The van der Waals surface area contributed by atoms with Gasteiger partial charge >= 0.3 is 5.97 Å². The Bertz CT molecular complexity index is 745.